The molecule has 3 nitrogen and oxygen atoms in total. The summed E-state index contributed by atoms with van der Waals surface area (Å²) in [6.45, 7) is 2.83. The fraction of sp³-hybridized carbons (Fsp3) is 0.333. The van der Waals surface area contributed by atoms with Gasteiger partial charge in [-0.05, 0) is 35.7 Å². The molecule has 0 aliphatic rings. The lowest BCUT2D eigenvalue weighted by atomic mass is 10.0. The van der Waals surface area contributed by atoms with Gasteiger partial charge in [-0.3, -0.25) is 0 Å². The van der Waals surface area contributed by atoms with Crippen LogP contribution in [0.3, 0.4) is 0 Å². The zero-order chi connectivity index (χ0) is 15.1. The van der Waals surface area contributed by atoms with Crippen LogP contribution >= 0.6 is 0 Å². The first kappa shape index (κ1) is 15.4. The van der Waals surface area contributed by atoms with Crippen LogP contribution in [0.2, 0.25) is 0 Å². The fourth-order valence-corrected chi connectivity index (χ4v) is 2.14. The topological polar surface area (TPSA) is 38.7 Å². The van der Waals surface area contributed by atoms with Gasteiger partial charge in [-0.1, -0.05) is 37.6 Å². The van der Waals surface area contributed by atoms with Crippen molar-refractivity contribution in [3.8, 4) is 22.6 Å². The number of rotatable bonds is 7. The summed E-state index contributed by atoms with van der Waals surface area (Å²) in [4.78, 5) is 0. The molecule has 0 amide bonds. The summed E-state index contributed by atoms with van der Waals surface area (Å²) >= 11 is 0. The summed E-state index contributed by atoms with van der Waals surface area (Å²) in [5.41, 5.74) is 2.92. The van der Waals surface area contributed by atoms with Crippen LogP contribution in [-0.2, 0) is 6.61 Å². The number of aliphatic hydroxyl groups excluding tert-OH is 1. The minimum atomic E-state index is 0.0164. The lowest BCUT2D eigenvalue weighted by Crippen LogP contribution is -1.99. The van der Waals surface area contributed by atoms with Crippen LogP contribution in [0.4, 0.5) is 0 Å². The highest BCUT2D eigenvalue weighted by atomic mass is 16.5. The van der Waals surface area contributed by atoms with Crippen molar-refractivity contribution < 1.29 is 14.6 Å². The predicted octanol–water partition coefficient (Wildman–Crippen LogP) is 4.03. The number of benzene rings is 2. The molecule has 0 aliphatic carbocycles. The Kier molecular flexibility index (Phi) is 5.64. The number of unbranched alkanes of at least 4 members (excludes halogenated alkanes) is 1. The Morgan fingerprint density at radius 2 is 1.95 bits per heavy atom. The molecule has 0 saturated heterocycles. The van der Waals surface area contributed by atoms with Crippen molar-refractivity contribution in [3.63, 3.8) is 0 Å². The molecule has 0 fully saturated rings. The Hall–Kier alpha value is -2.00. The molecule has 0 spiro atoms. The van der Waals surface area contributed by atoms with E-state index < -0.39 is 0 Å². The van der Waals surface area contributed by atoms with Gasteiger partial charge in [-0.15, -0.1) is 0 Å². The standard InChI is InChI=1S/C18H22O3/c1-3-4-10-21-18-11-14(13-19)8-9-17(18)15-6-5-7-16(12-15)20-2/h5-9,11-12,19H,3-4,10,13H2,1-2H3. The van der Waals surface area contributed by atoms with E-state index in [-0.39, 0.29) is 6.61 Å². The van der Waals surface area contributed by atoms with Crippen molar-refractivity contribution in [3.05, 3.63) is 48.0 Å². The third kappa shape index (κ3) is 3.99. The van der Waals surface area contributed by atoms with Crippen molar-refractivity contribution in [2.24, 2.45) is 0 Å². The lowest BCUT2D eigenvalue weighted by Gasteiger charge is -2.13. The molecule has 1 N–H and O–H groups in total. The van der Waals surface area contributed by atoms with E-state index >= 15 is 0 Å². The Labute approximate surface area is 126 Å². The van der Waals surface area contributed by atoms with Crippen LogP contribution in [0.1, 0.15) is 25.3 Å². The maximum Gasteiger partial charge on any atom is 0.127 e. The molecular weight excluding hydrogens is 264 g/mol. The van der Waals surface area contributed by atoms with Crippen molar-refractivity contribution in [1.29, 1.82) is 0 Å². The first-order valence-electron chi connectivity index (χ1n) is 7.29. The van der Waals surface area contributed by atoms with Crippen LogP contribution < -0.4 is 9.47 Å². The average Bonchev–Trinajstić information content (AvgIpc) is 2.55. The van der Waals surface area contributed by atoms with Gasteiger partial charge >= 0.3 is 0 Å². The molecular formula is C18H22O3. The first-order chi connectivity index (χ1) is 10.3. The molecule has 0 atom stereocenters. The predicted molar refractivity (Wildman–Crippen MR) is 84.8 cm³/mol. The highest BCUT2D eigenvalue weighted by Gasteiger charge is 2.08. The normalized spacial score (nSPS) is 10.4. The van der Waals surface area contributed by atoms with E-state index in [0.717, 1.165) is 41.0 Å². The minimum absolute atomic E-state index is 0.0164. The monoisotopic (exact) mass is 286 g/mol. The van der Waals surface area contributed by atoms with E-state index in [1.165, 1.54) is 0 Å². The molecule has 2 rings (SSSR count). The van der Waals surface area contributed by atoms with E-state index in [2.05, 4.69) is 6.92 Å². The Morgan fingerprint density at radius 1 is 1.10 bits per heavy atom. The van der Waals surface area contributed by atoms with Gasteiger partial charge in [0.1, 0.15) is 11.5 Å². The molecule has 112 valence electrons. The van der Waals surface area contributed by atoms with Gasteiger partial charge in [0.25, 0.3) is 0 Å². The van der Waals surface area contributed by atoms with Crippen molar-refractivity contribution >= 4 is 0 Å². The number of ether oxygens (including phenoxy) is 2. The van der Waals surface area contributed by atoms with E-state index in [1.807, 2.05) is 42.5 Å². The molecule has 3 heteroatoms. The summed E-state index contributed by atoms with van der Waals surface area (Å²) in [7, 11) is 1.66. The molecule has 2 aromatic rings. The molecule has 0 heterocycles. The van der Waals surface area contributed by atoms with Crippen molar-refractivity contribution in [2.45, 2.75) is 26.4 Å². The van der Waals surface area contributed by atoms with Gasteiger partial charge in [0.15, 0.2) is 0 Å². The zero-order valence-electron chi connectivity index (χ0n) is 12.6. The maximum absolute atomic E-state index is 9.30. The van der Waals surface area contributed by atoms with Crippen LogP contribution in [-0.4, -0.2) is 18.8 Å². The summed E-state index contributed by atoms with van der Waals surface area (Å²) in [5, 5.41) is 9.30. The van der Waals surface area contributed by atoms with Gasteiger partial charge in [0, 0.05) is 5.56 Å². The molecule has 0 aromatic heterocycles. The molecule has 0 radical (unpaired) electrons. The van der Waals surface area contributed by atoms with E-state index in [0.29, 0.717) is 6.61 Å². The Balaban J connectivity index is 2.35. The quantitative estimate of drug-likeness (QED) is 0.781. The number of hydrogen-bond acceptors (Lipinski definition) is 3. The number of hydrogen-bond donors (Lipinski definition) is 1. The highest BCUT2D eigenvalue weighted by molar-refractivity contribution is 5.72. The molecule has 21 heavy (non-hydrogen) atoms. The van der Waals surface area contributed by atoms with Gasteiger partial charge in [-0.2, -0.15) is 0 Å². The Morgan fingerprint density at radius 3 is 2.67 bits per heavy atom. The van der Waals surface area contributed by atoms with Gasteiger partial charge < -0.3 is 14.6 Å². The van der Waals surface area contributed by atoms with Crippen LogP contribution in [0.5, 0.6) is 11.5 Å². The van der Waals surface area contributed by atoms with Crippen molar-refractivity contribution in [1.82, 2.24) is 0 Å². The third-order valence-electron chi connectivity index (χ3n) is 3.36. The molecule has 0 aliphatic heterocycles. The zero-order valence-corrected chi connectivity index (χ0v) is 12.6. The van der Waals surface area contributed by atoms with Gasteiger partial charge in [0.05, 0.1) is 20.3 Å². The third-order valence-corrected chi connectivity index (χ3v) is 3.36. The van der Waals surface area contributed by atoms with E-state index in [1.54, 1.807) is 7.11 Å². The highest BCUT2D eigenvalue weighted by Crippen LogP contribution is 2.33. The largest absolute Gasteiger partial charge is 0.497 e. The number of aliphatic hydroxyl groups is 1. The van der Waals surface area contributed by atoms with Crippen LogP contribution in [0.25, 0.3) is 11.1 Å². The second-order valence-electron chi connectivity index (χ2n) is 4.92. The SMILES string of the molecule is CCCCOc1cc(CO)ccc1-c1cccc(OC)c1. The van der Waals surface area contributed by atoms with Crippen LogP contribution in [0.15, 0.2) is 42.5 Å². The van der Waals surface area contributed by atoms with E-state index in [9.17, 15) is 5.11 Å². The van der Waals surface area contributed by atoms with Gasteiger partial charge in [0.2, 0.25) is 0 Å². The van der Waals surface area contributed by atoms with Crippen molar-refractivity contribution in [2.75, 3.05) is 13.7 Å². The summed E-state index contributed by atoms with van der Waals surface area (Å²) in [6.07, 6.45) is 2.11. The molecule has 0 saturated carbocycles. The molecule has 0 unspecified atom stereocenters. The smallest absolute Gasteiger partial charge is 0.127 e. The second kappa shape index (κ2) is 7.70. The number of methoxy groups -OCH3 is 1. The molecule has 0 bridgehead atoms. The first-order valence-corrected chi connectivity index (χ1v) is 7.29. The lowest BCUT2D eigenvalue weighted by molar-refractivity contribution is 0.278. The molecule has 2 aromatic carbocycles. The Bertz CT molecular complexity index is 578. The summed E-state index contributed by atoms with van der Waals surface area (Å²) in [6, 6.07) is 13.7. The summed E-state index contributed by atoms with van der Waals surface area (Å²) in [5.74, 6) is 1.63. The van der Waals surface area contributed by atoms with E-state index in [4.69, 9.17) is 9.47 Å². The van der Waals surface area contributed by atoms with Gasteiger partial charge in [-0.25, -0.2) is 0 Å². The van der Waals surface area contributed by atoms with Crippen LogP contribution in [0, 0.1) is 0 Å². The summed E-state index contributed by atoms with van der Waals surface area (Å²) < 4.78 is 11.2. The second-order valence-corrected chi connectivity index (χ2v) is 4.92. The maximum atomic E-state index is 9.30. The minimum Gasteiger partial charge on any atom is -0.497 e. The average molecular weight is 286 g/mol. The fourth-order valence-electron chi connectivity index (χ4n) is 2.14.